The van der Waals surface area contributed by atoms with Crippen molar-refractivity contribution in [3.63, 3.8) is 0 Å². The molecular weight excluding hydrogens is 410 g/mol. The normalized spacial score (nSPS) is 10.4. The summed E-state index contributed by atoms with van der Waals surface area (Å²) in [6, 6.07) is 12.7. The average molecular weight is 434 g/mol. The van der Waals surface area contributed by atoms with E-state index in [1.54, 1.807) is 0 Å². The third-order valence-corrected chi connectivity index (χ3v) is 3.44. The van der Waals surface area contributed by atoms with Crippen LogP contribution in [0.15, 0.2) is 36.4 Å². The SMILES string of the molecule is CCCCCCCCc1ccc2ccccc2n1.[Ir+3]. The summed E-state index contributed by atoms with van der Waals surface area (Å²) in [7, 11) is 0. The Morgan fingerprint density at radius 2 is 1.58 bits per heavy atom. The molecule has 0 bridgehead atoms. The minimum absolute atomic E-state index is 0. The van der Waals surface area contributed by atoms with Gasteiger partial charge in [0.1, 0.15) is 0 Å². The molecule has 1 aromatic heterocycles. The average Bonchev–Trinajstić information content (AvgIpc) is 2.42. The molecule has 1 nitrogen and oxygen atoms in total. The van der Waals surface area contributed by atoms with E-state index in [2.05, 4.69) is 43.3 Å². The van der Waals surface area contributed by atoms with Crippen molar-refractivity contribution in [2.45, 2.75) is 51.9 Å². The molecule has 2 rings (SSSR count). The molecule has 1 heterocycles. The molecule has 1 aromatic carbocycles. The van der Waals surface area contributed by atoms with E-state index in [4.69, 9.17) is 4.98 Å². The summed E-state index contributed by atoms with van der Waals surface area (Å²) in [5, 5.41) is 1.24. The Labute approximate surface area is 130 Å². The summed E-state index contributed by atoms with van der Waals surface area (Å²) in [6.07, 6.45) is 9.21. The van der Waals surface area contributed by atoms with Crippen molar-refractivity contribution in [2.75, 3.05) is 0 Å². The number of nitrogens with zero attached hydrogens (tertiary/aromatic N) is 1. The number of hydrogen-bond donors (Lipinski definition) is 0. The van der Waals surface area contributed by atoms with Crippen LogP contribution in [-0.4, -0.2) is 4.98 Å². The van der Waals surface area contributed by atoms with E-state index in [9.17, 15) is 0 Å². The molecule has 2 aromatic rings. The van der Waals surface area contributed by atoms with E-state index in [1.165, 1.54) is 49.6 Å². The van der Waals surface area contributed by atoms with E-state index in [0.29, 0.717) is 0 Å². The van der Waals surface area contributed by atoms with Gasteiger partial charge in [-0.25, -0.2) is 0 Å². The van der Waals surface area contributed by atoms with Crippen LogP contribution in [0.3, 0.4) is 0 Å². The zero-order valence-electron chi connectivity index (χ0n) is 11.7. The van der Waals surface area contributed by atoms with Gasteiger partial charge in [-0.05, 0) is 25.0 Å². The molecule has 0 N–H and O–H groups in total. The largest absolute Gasteiger partial charge is 3.00 e. The number of hydrogen-bond acceptors (Lipinski definition) is 1. The van der Waals surface area contributed by atoms with Crippen molar-refractivity contribution < 1.29 is 20.1 Å². The Kier molecular flexibility index (Phi) is 7.93. The van der Waals surface area contributed by atoms with Crippen LogP contribution < -0.4 is 0 Å². The first-order valence-electron chi connectivity index (χ1n) is 7.25. The summed E-state index contributed by atoms with van der Waals surface area (Å²) < 4.78 is 0. The Morgan fingerprint density at radius 3 is 2.42 bits per heavy atom. The zero-order chi connectivity index (χ0) is 12.6. The summed E-state index contributed by atoms with van der Waals surface area (Å²) in [5.74, 6) is 0. The second-order valence-electron chi connectivity index (χ2n) is 5.01. The van der Waals surface area contributed by atoms with Gasteiger partial charge in [0, 0.05) is 11.1 Å². The van der Waals surface area contributed by atoms with Gasteiger partial charge in [0.05, 0.1) is 5.52 Å². The van der Waals surface area contributed by atoms with Gasteiger partial charge in [0.25, 0.3) is 0 Å². The molecule has 0 fully saturated rings. The molecule has 19 heavy (non-hydrogen) atoms. The number of aryl methyl sites for hydroxylation is 1. The topological polar surface area (TPSA) is 12.9 Å². The maximum atomic E-state index is 4.71. The molecule has 0 radical (unpaired) electrons. The molecule has 0 saturated carbocycles. The molecular formula is C17H23IrN+3. The molecule has 0 aliphatic rings. The van der Waals surface area contributed by atoms with Crippen molar-refractivity contribution in [3.05, 3.63) is 42.1 Å². The molecule has 0 unspecified atom stereocenters. The number of unbranched alkanes of at least 4 members (excludes halogenated alkanes) is 5. The van der Waals surface area contributed by atoms with Crippen molar-refractivity contribution in [2.24, 2.45) is 0 Å². The minimum atomic E-state index is 0. The number of para-hydroxylation sites is 1. The maximum Gasteiger partial charge on any atom is 3.00 e. The van der Waals surface area contributed by atoms with E-state index in [1.807, 2.05) is 0 Å². The number of pyridine rings is 1. The van der Waals surface area contributed by atoms with Crippen LogP contribution in [0.1, 0.15) is 51.1 Å². The number of benzene rings is 1. The molecule has 0 aliphatic carbocycles. The number of rotatable bonds is 7. The first-order chi connectivity index (χ1) is 8.90. The first-order valence-corrected chi connectivity index (χ1v) is 7.25. The molecule has 2 heteroatoms. The molecule has 102 valence electrons. The van der Waals surface area contributed by atoms with Gasteiger partial charge in [0.15, 0.2) is 0 Å². The summed E-state index contributed by atoms with van der Waals surface area (Å²) in [4.78, 5) is 4.71. The smallest absolute Gasteiger partial charge is 0.253 e. The third kappa shape index (κ3) is 5.42. The predicted octanol–water partition coefficient (Wildman–Crippen LogP) is 5.14. The summed E-state index contributed by atoms with van der Waals surface area (Å²) in [6.45, 7) is 2.26. The number of fused-ring (bicyclic) bond motifs is 1. The van der Waals surface area contributed by atoms with Gasteiger partial charge in [-0.3, -0.25) is 4.98 Å². The van der Waals surface area contributed by atoms with Crippen molar-refractivity contribution in [1.82, 2.24) is 4.98 Å². The van der Waals surface area contributed by atoms with Crippen LogP contribution in [-0.2, 0) is 26.5 Å². The van der Waals surface area contributed by atoms with Crippen LogP contribution in [0.5, 0.6) is 0 Å². The van der Waals surface area contributed by atoms with Crippen LogP contribution in [0, 0.1) is 0 Å². The Hall–Kier alpha value is -0.721. The van der Waals surface area contributed by atoms with Crippen LogP contribution in [0.2, 0.25) is 0 Å². The molecule has 0 aliphatic heterocycles. The molecule has 0 atom stereocenters. The fraction of sp³-hybridized carbons (Fsp3) is 0.471. The first kappa shape index (κ1) is 16.3. The van der Waals surface area contributed by atoms with Crippen LogP contribution >= 0.6 is 0 Å². The molecule has 0 amide bonds. The van der Waals surface area contributed by atoms with E-state index < -0.39 is 0 Å². The van der Waals surface area contributed by atoms with Gasteiger partial charge in [-0.2, -0.15) is 0 Å². The fourth-order valence-electron chi connectivity index (χ4n) is 2.33. The van der Waals surface area contributed by atoms with Gasteiger partial charge < -0.3 is 0 Å². The quantitative estimate of drug-likeness (QED) is 0.551. The van der Waals surface area contributed by atoms with Crippen LogP contribution in [0.25, 0.3) is 10.9 Å². The molecule has 0 spiro atoms. The fourth-order valence-corrected chi connectivity index (χ4v) is 2.33. The maximum absolute atomic E-state index is 4.71. The van der Waals surface area contributed by atoms with Crippen molar-refractivity contribution >= 4 is 10.9 Å². The zero-order valence-corrected chi connectivity index (χ0v) is 14.1. The van der Waals surface area contributed by atoms with Gasteiger partial charge >= 0.3 is 20.1 Å². The van der Waals surface area contributed by atoms with Crippen molar-refractivity contribution in [1.29, 1.82) is 0 Å². The van der Waals surface area contributed by atoms with Crippen molar-refractivity contribution in [3.8, 4) is 0 Å². The summed E-state index contributed by atoms with van der Waals surface area (Å²) in [5.41, 5.74) is 2.37. The van der Waals surface area contributed by atoms with Gasteiger partial charge in [-0.15, -0.1) is 0 Å². The monoisotopic (exact) mass is 434 g/mol. The van der Waals surface area contributed by atoms with Gasteiger partial charge in [0.2, 0.25) is 0 Å². The summed E-state index contributed by atoms with van der Waals surface area (Å²) >= 11 is 0. The standard InChI is InChI=1S/C17H23N.Ir/c1-2-3-4-5-6-7-11-16-14-13-15-10-8-9-12-17(15)18-16;/h8-10,12-14H,2-7,11H2,1H3;/q;+3. The second-order valence-corrected chi connectivity index (χ2v) is 5.01. The van der Waals surface area contributed by atoms with Gasteiger partial charge in [-0.1, -0.05) is 63.3 Å². The second kappa shape index (κ2) is 9.23. The predicted molar refractivity (Wildman–Crippen MR) is 78.8 cm³/mol. The van der Waals surface area contributed by atoms with E-state index in [-0.39, 0.29) is 20.1 Å². The number of aromatic nitrogens is 1. The Balaban J connectivity index is 0.00000180. The third-order valence-electron chi connectivity index (χ3n) is 3.44. The Morgan fingerprint density at radius 1 is 0.842 bits per heavy atom. The van der Waals surface area contributed by atoms with E-state index in [0.717, 1.165) is 11.9 Å². The molecule has 0 saturated heterocycles. The minimum Gasteiger partial charge on any atom is -0.253 e. The van der Waals surface area contributed by atoms with E-state index >= 15 is 0 Å². The Bertz CT molecular complexity index is 481. The van der Waals surface area contributed by atoms with Crippen LogP contribution in [0.4, 0.5) is 0 Å².